The molecule has 0 aromatic heterocycles. The molecule has 0 unspecified atom stereocenters. The van der Waals surface area contributed by atoms with Crippen LogP contribution in [0.5, 0.6) is 0 Å². The number of hydrogen-bond acceptors (Lipinski definition) is 4. The SMILES string of the molecule is COC(=O)[C@H]1[C@@H]2C=C[C@]3(CN(c4ccc(C)cc4)C(=O)[C@@H]13)O2. The van der Waals surface area contributed by atoms with Crippen molar-refractivity contribution in [1.82, 2.24) is 0 Å². The van der Waals surface area contributed by atoms with Crippen LogP contribution >= 0.6 is 0 Å². The number of methoxy groups -OCH3 is 1. The molecule has 3 aliphatic heterocycles. The van der Waals surface area contributed by atoms with Crippen LogP contribution in [0.3, 0.4) is 0 Å². The Balaban J connectivity index is 1.71. The quantitative estimate of drug-likeness (QED) is 0.613. The van der Waals surface area contributed by atoms with Crippen molar-refractivity contribution in [2.24, 2.45) is 11.8 Å². The number of carbonyl (C=O) groups excluding carboxylic acids is 2. The zero-order valence-electron chi connectivity index (χ0n) is 12.5. The average molecular weight is 299 g/mol. The first-order valence-corrected chi connectivity index (χ1v) is 7.39. The van der Waals surface area contributed by atoms with Crippen LogP contribution < -0.4 is 4.90 Å². The second-order valence-corrected chi connectivity index (χ2v) is 6.18. The average Bonchev–Trinajstić information content (AvgIpc) is 3.16. The van der Waals surface area contributed by atoms with E-state index in [1.54, 1.807) is 4.90 Å². The lowest BCUT2D eigenvalue weighted by Gasteiger charge is -2.22. The van der Waals surface area contributed by atoms with Gasteiger partial charge in [0.25, 0.3) is 0 Å². The number of benzene rings is 1. The van der Waals surface area contributed by atoms with Gasteiger partial charge in [-0.2, -0.15) is 0 Å². The predicted octanol–water partition coefficient (Wildman–Crippen LogP) is 1.45. The van der Waals surface area contributed by atoms with Crippen molar-refractivity contribution >= 4 is 17.6 Å². The molecule has 2 saturated heterocycles. The number of rotatable bonds is 2. The van der Waals surface area contributed by atoms with E-state index in [4.69, 9.17) is 9.47 Å². The summed E-state index contributed by atoms with van der Waals surface area (Å²) >= 11 is 0. The highest BCUT2D eigenvalue weighted by Gasteiger charge is 2.67. The summed E-state index contributed by atoms with van der Waals surface area (Å²) in [7, 11) is 1.35. The fourth-order valence-electron chi connectivity index (χ4n) is 3.85. The highest BCUT2D eigenvalue weighted by molar-refractivity contribution is 6.02. The van der Waals surface area contributed by atoms with Crippen molar-refractivity contribution in [3.63, 3.8) is 0 Å². The van der Waals surface area contributed by atoms with Crippen molar-refractivity contribution < 1.29 is 19.1 Å². The number of esters is 1. The number of fused-ring (bicyclic) bond motifs is 1. The zero-order valence-corrected chi connectivity index (χ0v) is 12.5. The van der Waals surface area contributed by atoms with Gasteiger partial charge in [0.1, 0.15) is 11.5 Å². The van der Waals surface area contributed by atoms with Crippen LogP contribution in [0.2, 0.25) is 0 Å². The van der Waals surface area contributed by atoms with Gasteiger partial charge in [0.2, 0.25) is 5.91 Å². The normalized spacial score (nSPS) is 35.1. The van der Waals surface area contributed by atoms with Crippen LogP contribution in [0.4, 0.5) is 5.69 Å². The van der Waals surface area contributed by atoms with Crippen LogP contribution in [0.15, 0.2) is 36.4 Å². The molecule has 114 valence electrons. The minimum atomic E-state index is -0.689. The van der Waals surface area contributed by atoms with Crippen LogP contribution in [0, 0.1) is 18.8 Å². The highest BCUT2D eigenvalue weighted by atomic mass is 16.5. The number of aryl methyl sites for hydroxylation is 1. The van der Waals surface area contributed by atoms with Crippen LogP contribution in [0.1, 0.15) is 5.56 Å². The van der Waals surface area contributed by atoms with Crippen molar-refractivity contribution in [3.8, 4) is 0 Å². The molecule has 1 amide bonds. The Morgan fingerprint density at radius 1 is 1.36 bits per heavy atom. The first-order chi connectivity index (χ1) is 10.6. The lowest BCUT2D eigenvalue weighted by Crippen LogP contribution is -2.39. The van der Waals surface area contributed by atoms with E-state index in [1.165, 1.54) is 7.11 Å². The van der Waals surface area contributed by atoms with E-state index < -0.39 is 17.4 Å². The van der Waals surface area contributed by atoms with E-state index in [0.29, 0.717) is 6.54 Å². The Labute approximate surface area is 128 Å². The Kier molecular flexibility index (Phi) is 2.72. The smallest absolute Gasteiger partial charge is 0.312 e. The van der Waals surface area contributed by atoms with E-state index in [9.17, 15) is 9.59 Å². The summed E-state index contributed by atoms with van der Waals surface area (Å²) in [5.74, 6) is -1.47. The molecule has 0 radical (unpaired) electrons. The van der Waals surface area contributed by atoms with Crippen LogP contribution in [0.25, 0.3) is 0 Å². The molecular formula is C17H17NO4. The predicted molar refractivity (Wildman–Crippen MR) is 79.3 cm³/mol. The maximum absolute atomic E-state index is 12.9. The minimum absolute atomic E-state index is 0.0638. The monoisotopic (exact) mass is 299 g/mol. The zero-order chi connectivity index (χ0) is 15.5. The van der Waals surface area contributed by atoms with E-state index in [2.05, 4.69) is 0 Å². The number of nitrogens with zero attached hydrogens (tertiary/aromatic N) is 1. The molecule has 3 heterocycles. The third kappa shape index (κ3) is 1.63. The number of carbonyl (C=O) groups is 2. The second kappa shape index (κ2) is 4.43. The van der Waals surface area contributed by atoms with Crippen LogP contribution in [-0.4, -0.2) is 37.2 Å². The molecule has 5 nitrogen and oxygen atoms in total. The summed E-state index contributed by atoms with van der Waals surface area (Å²) < 4.78 is 10.9. The fraction of sp³-hybridized carbons (Fsp3) is 0.412. The summed E-state index contributed by atoms with van der Waals surface area (Å²) in [5, 5.41) is 0. The van der Waals surface area contributed by atoms with Crippen molar-refractivity contribution in [1.29, 1.82) is 0 Å². The van der Waals surface area contributed by atoms with Crippen molar-refractivity contribution in [2.45, 2.75) is 18.6 Å². The van der Waals surface area contributed by atoms with Gasteiger partial charge in [-0.25, -0.2) is 0 Å². The lowest BCUT2D eigenvalue weighted by atomic mass is 9.77. The van der Waals surface area contributed by atoms with Gasteiger partial charge in [0.05, 0.1) is 25.7 Å². The summed E-state index contributed by atoms with van der Waals surface area (Å²) in [4.78, 5) is 26.7. The summed E-state index contributed by atoms with van der Waals surface area (Å²) in [6.07, 6.45) is 3.47. The standard InChI is InChI=1S/C17H17NO4/c1-10-3-5-11(6-4-10)18-9-17-8-7-12(22-17)13(16(20)21-2)14(17)15(18)19/h3-8,12-14H,9H2,1-2H3/t12-,13-,14+,17+/m0/s1. The fourth-order valence-corrected chi connectivity index (χ4v) is 3.85. The number of hydrogen-bond donors (Lipinski definition) is 0. The van der Waals surface area contributed by atoms with E-state index >= 15 is 0 Å². The molecule has 0 saturated carbocycles. The van der Waals surface area contributed by atoms with Gasteiger partial charge in [0.15, 0.2) is 0 Å². The third-order valence-electron chi connectivity index (χ3n) is 4.92. The second-order valence-electron chi connectivity index (χ2n) is 6.18. The lowest BCUT2D eigenvalue weighted by molar-refractivity contribution is -0.149. The van der Waals surface area contributed by atoms with E-state index in [0.717, 1.165) is 11.3 Å². The Bertz CT molecular complexity index is 680. The van der Waals surface area contributed by atoms with E-state index in [1.807, 2.05) is 43.3 Å². The molecule has 0 aliphatic carbocycles. The highest BCUT2D eigenvalue weighted by Crippen LogP contribution is 2.52. The Morgan fingerprint density at radius 3 is 2.77 bits per heavy atom. The molecule has 3 aliphatic rings. The van der Waals surface area contributed by atoms with Gasteiger partial charge < -0.3 is 14.4 Å². The number of anilines is 1. The van der Waals surface area contributed by atoms with Gasteiger partial charge in [-0.3, -0.25) is 9.59 Å². The molecule has 1 aromatic rings. The van der Waals surface area contributed by atoms with Gasteiger partial charge >= 0.3 is 5.97 Å². The Hall–Kier alpha value is -2.14. The summed E-state index contributed by atoms with van der Waals surface area (Å²) in [5.41, 5.74) is 1.28. The topological polar surface area (TPSA) is 55.8 Å². The van der Waals surface area contributed by atoms with Gasteiger partial charge in [-0.1, -0.05) is 29.8 Å². The molecular weight excluding hydrogens is 282 g/mol. The van der Waals surface area contributed by atoms with Gasteiger partial charge in [-0.05, 0) is 19.1 Å². The maximum Gasteiger partial charge on any atom is 0.312 e. The van der Waals surface area contributed by atoms with Crippen LogP contribution in [-0.2, 0) is 19.1 Å². The molecule has 2 bridgehead atoms. The first kappa shape index (κ1) is 13.5. The summed E-state index contributed by atoms with van der Waals surface area (Å²) in [6.45, 7) is 2.45. The maximum atomic E-state index is 12.9. The van der Waals surface area contributed by atoms with Gasteiger partial charge in [-0.15, -0.1) is 0 Å². The molecule has 4 atom stereocenters. The molecule has 4 rings (SSSR count). The van der Waals surface area contributed by atoms with E-state index in [-0.39, 0.29) is 18.0 Å². The molecule has 0 N–H and O–H groups in total. The largest absolute Gasteiger partial charge is 0.469 e. The molecule has 2 fully saturated rings. The molecule has 5 heteroatoms. The Morgan fingerprint density at radius 2 is 2.09 bits per heavy atom. The number of ether oxygens (including phenoxy) is 2. The molecule has 1 aromatic carbocycles. The van der Waals surface area contributed by atoms with Gasteiger partial charge in [0, 0.05) is 5.69 Å². The minimum Gasteiger partial charge on any atom is -0.469 e. The van der Waals surface area contributed by atoms with Crippen molar-refractivity contribution in [3.05, 3.63) is 42.0 Å². The number of amides is 1. The third-order valence-corrected chi connectivity index (χ3v) is 4.92. The molecule has 22 heavy (non-hydrogen) atoms. The molecule has 1 spiro atoms. The first-order valence-electron chi connectivity index (χ1n) is 7.39. The summed E-state index contributed by atoms with van der Waals surface area (Å²) in [6, 6.07) is 7.79. The van der Waals surface area contributed by atoms with Crippen molar-refractivity contribution in [2.75, 3.05) is 18.6 Å².